The topological polar surface area (TPSA) is 134 Å². The summed E-state index contributed by atoms with van der Waals surface area (Å²) in [5, 5.41) is 8.18. The molecular weight excluding hydrogens is 522 g/mol. The van der Waals surface area contributed by atoms with Gasteiger partial charge in [-0.2, -0.15) is 0 Å². The van der Waals surface area contributed by atoms with E-state index in [0.717, 1.165) is 39.5 Å². The number of nitrogen functional groups attached to an aromatic ring is 1. The van der Waals surface area contributed by atoms with Gasteiger partial charge in [-0.1, -0.05) is 43.2 Å². The number of aryl methyl sites for hydroxylation is 2. The maximum Gasteiger partial charge on any atom is 0.264 e. The van der Waals surface area contributed by atoms with Crippen molar-refractivity contribution in [2.45, 2.75) is 20.3 Å². The van der Waals surface area contributed by atoms with Gasteiger partial charge in [-0.3, -0.25) is 14.2 Å². The molecule has 198 valence electrons. The first-order valence-electron chi connectivity index (χ1n) is 12.4. The molecule has 2 aromatic carbocycles. The number of carbonyl (C=O) groups is 1. The molecule has 0 radical (unpaired) electrons. The van der Waals surface area contributed by atoms with Crippen LogP contribution in [0.15, 0.2) is 83.2 Å². The van der Waals surface area contributed by atoms with E-state index in [4.69, 9.17) is 11.5 Å². The number of nitrogens with two attached hydrogens (primary N) is 2. The number of carbonyl (C=O) groups excluding carboxylic acids is 1. The van der Waals surface area contributed by atoms with E-state index in [0.29, 0.717) is 11.0 Å². The number of anilines is 1. The number of nitrogens with zero attached hydrogens (tertiary/aromatic N) is 5. The van der Waals surface area contributed by atoms with Crippen molar-refractivity contribution >= 4 is 39.5 Å². The molecule has 0 saturated heterocycles. The van der Waals surface area contributed by atoms with Crippen molar-refractivity contribution in [2.24, 2.45) is 5.73 Å². The average molecular weight is 548 g/mol. The molecule has 6 aromatic rings. The zero-order chi connectivity index (χ0) is 28.2. The second-order valence-electron chi connectivity index (χ2n) is 8.79. The first kappa shape index (κ1) is 26.3. The molecule has 0 aliphatic carbocycles. The minimum Gasteiger partial charge on any atom is -0.381 e. The van der Waals surface area contributed by atoms with Gasteiger partial charge in [-0.25, -0.2) is 14.5 Å². The van der Waals surface area contributed by atoms with Crippen LogP contribution in [0.25, 0.3) is 22.1 Å². The highest BCUT2D eigenvalue weighted by atomic mass is 32.1. The van der Waals surface area contributed by atoms with Crippen molar-refractivity contribution in [3.8, 4) is 17.5 Å². The summed E-state index contributed by atoms with van der Waals surface area (Å²) in [7, 11) is 0. The Bertz CT molecular complexity index is 1980. The van der Waals surface area contributed by atoms with Gasteiger partial charge in [-0.15, -0.1) is 16.4 Å². The third-order valence-corrected chi connectivity index (χ3v) is 6.97. The third kappa shape index (κ3) is 5.18. The van der Waals surface area contributed by atoms with E-state index in [1.54, 1.807) is 23.0 Å². The van der Waals surface area contributed by atoms with E-state index < -0.39 is 5.91 Å². The molecule has 6 rings (SSSR count). The number of para-hydroxylation sites is 1. The molecule has 0 aliphatic heterocycles. The second kappa shape index (κ2) is 11.2. The lowest BCUT2D eigenvalue weighted by molar-refractivity contribution is 0.100. The highest BCUT2D eigenvalue weighted by Crippen LogP contribution is 2.20. The number of aromatic nitrogens is 5. The predicted molar refractivity (Wildman–Crippen MR) is 158 cm³/mol. The van der Waals surface area contributed by atoms with Gasteiger partial charge >= 0.3 is 0 Å². The number of rotatable bonds is 3. The molecule has 0 bridgehead atoms. The van der Waals surface area contributed by atoms with Crippen LogP contribution in [0.3, 0.4) is 0 Å². The zero-order valence-corrected chi connectivity index (χ0v) is 22.6. The summed E-state index contributed by atoms with van der Waals surface area (Å²) in [6.45, 7) is 4.01. The number of primary amides is 1. The number of fused-ring (bicyclic) bond motifs is 2. The zero-order valence-electron chi connectivity index (χ0n) is 21.8. The van der Waals surface area contributed by atoms with Crippen LogP contribution >= 0.6 is 11.3 Å². The molecule has 0 aliphatic rings. The van der Waals surface area contributed by atoms with E-state index in [-0.39, 0.29) is 16.9 Å². The Morgan fingerprint density at radius 1 is 1.07 bits per heavy atom. The largest absolute Gasteiger partial charge is 0.381 e. The SMILES string of the molecule is CCc1cc2cccc(C#Cc3nc(C)cs3)c2c(=O)n1-c1ccccc1.NC(=O)c1c(N)nn2cccnc12. The standard InChI is InChI=1S/C23H18N2OS.C7H7N5O/c1-3-19-14-18-9-7-8-17(12-13-21-24-16(2)15-27-21)22(18)23(26)25(19)20-10-5-4-6-11-20;8-5-4(6(9)13)7-10-2-1-3-12(7)11-5/h4-11,14-15H,3H2,1-2H3;1-3H,(H2,8,11)(H2,9,13). The first-order chi connectivity index (χ1) is 19.4. The van der Waals surface area contributed by atoms with E-state index in [1.807, 2.05) is 60.8 Å². The molecule has 4 N–H and O–H groups in total. The summed E-state index contributed by atoms with van der Waals surface area (Å²) in [6.07, 6.45) is 3.96. The van der Waals surface area contributed by atoms with Crippen LogP contribution in [0, 0.1) is 18.8 Å². The van der Waals surface area contributed by atoms with Crippen molar-refractivity contribution < 1.29 is 4.79 Å². The Morgan fingerprint density at radius 3 is 2.58 bits per heavy atom. The predicted octanol–water partition coefficient (Wildman–Crippen LogP) is 4.13. The Balaban J connectivity index is 0.000000207. The van der Waals surface area contributed by atoms with Crippen molar-refractivity contribution in [1.29, 1.82) is 0 Å². The molecule has 9 nitrogen and oxygen atoms in total. The van der Waals surface area contributed by atoms with Gasteiger partial charge in [0, 0.05) is 40.4 Å². The van der Waals surface area contributed by atoms with Crippen molar-refractivity contribution in [3.63, 3.8) is 0 Å². The molecule has 40 heavy (non-hydrogen) atoms. The van der Waals surface area contributed by atoms with Crippen LogP contribution < -0.4 is 17.0 Å². The smallest absolute Gasteiger partial charge is 0.264 e. The molecule has 4 aromatic heterocycles. The number of hydrogen-bond donors (Lipinski definition) is 2. The van der Waals surface area contributed by atoms with Crippen LogP contribution in [-0.2, 0) is 6.42 Å². The van der Waals surface area contributed by atoms with E-state index in [9.17, 15) is 9.59 Å². The molecular formula is C30H25N7O2S. The van der Waals surface area contributed by atoms with Gasteiger partial charge in [-0.05, 0) is 55.0 Å². The maximum absolute atomic E-state index is 13.4. The summed E-state index contributed by atoms with van der Waals surface area (Å²) in [6, 6.07) is 19.4. The van der Waals surface area contributed by atoms with Crippen LogP contribution in [0.2, 0.25) is 0 Å². The number of hydrogen-bond acceptors (Lipinski definition) is 7. The monoisotopic (exact) mass is 547 g/mol. The number of pyridine rings is 1. The van der Waals surface area contributed by atoms with Gasteiger partial charge < -0.3 is 11.5 Å². The van der Waals surface area contributed by atoms with E-state index in [1.165, 1.54) is 15.9 Å². The van der Waals surface area contributed by atoms with Crippen LogP contribution in [0.5, 0.6) is 0 Å². The summed E-state index contributed by atoms with van der Waals surface area (Å²) in [4.78, 5) is 32.7. The lowest BCUT2D eigenvalue weighted by atomic mass is 10.0. The van der Waals surface area contributed by atoms with Gasteiger partial charge in [0.1, 0.15) is 5.56 Å². The maximum atomic E-state index is 13.4. The molecule has 0 saturated carbocycles. The lowest BCUT2D eigenvalue weighted by Gasteiger charge is -2.14. The fourth-order valence-corrected chi connectivity index (χ4v) is 4.95. The van der Waals surface area contributed by atoms with Crippen molar-refractivity contribution in [2.75, 3.05) is 5.73 Å². The molecule has 0 atom stereocenters. The van der Waals surface area contributed by atoms with Gasteiger partial charge in [0.05, 0.1) is 5.39 Å². The van der Waals surface area contributed by atoms with Crippen LogP contribution in [0.4, 0.5) is 5.82 Å². The quantitative estimate of drug-likeness (QED) is 0.320. The average Bonchev–Trinajstić information content (AvgIpc) is 3.53. The number of amides is 1. The van der Waals surface area contributed by atoms with E-state index >= 15 is 0 Å². The summed E-state index contributed by atoms with van der Waals surface area (Å²) in [5.41, 5.74) is 14.7. The Kier molecular flexibility index (Phi) is 7.39. The summed E-state index contributed by atoms with van der Waals surface area (Å²) < 4.78 is 3.20. The summed E-state index contributed by atoms with van der Waals surface area (Å²) in [5.74, 6) is 5.74. The van der Waals surface area contributed by atoms with Crippen molar-refractivity contribution in [3.05, 3.63) is 116 Å². The molecule has 0 fully saturated rings. The van der Waals surface area contributed by atoms with E-state index in [2.05, 4.69) is 39.9 Å². The highest BCUT2D eigenvalue weighted by molar-refractivity contribution is 7.10. The van der Waals surface area contributed by atoms with Crippen LogP contribution in [0.1, 0.15) is 39.2 Å². The van der Waals surface area contributed by atoms with Crippen molar-refractivity contribution in [1.82, 2.24) is 24.1 Å². The number of thiazole rings is 1. The summed E-state index contributed by atoms with van der Waals surface area (Å²) >= 11 is 1.52. The molecule has 0 unspecified atom stereocenters. The Labute approximate surface area is 233 Å². The van der Waals surface area contributed by atoms with Gasteiger partial charge in [0.2, 0.25) is 0 Å². The molecule has 0 spiro atoms. The minimum absolute atomic E-state index is 0.0317. The van der Waals surface area contributed by atoms with Gasteiger partial charge in [0.15, 0.2) is 16.5 Å². The molecule has 1 amide bonds. The molecule has 10 heteroatoms. The fraction of sp³-hybridized carbons (Fsp3) is 0.100. The lowest BCUT2D eigenvalue weighted by Crippen LogP contribution is -2.22. The third-order valence-electron chi connectivity index (χ3n) is 6.09. The number of benzene rings is 2. The van der Waals surface area contributed by atoms with Gasteiger partial charge in [0.25, 0.3) is 11.5 Å². The normalized spacial score (nSPS) is 10.6. The second-order valence-corrected chi connectivity index (χ2v) is 9.65. The Morgan fingerprint density at radius 2 is 1.88 bits per heavy atom. The fourth-order valence-electron chi connectivity index (χ4n) is 4.31. The highest BCUT2D eigenvalue weighted by Gasteiger charge is 2.15. The first-order valence-corrected chi connectivity index (χ1v) is 13.3. The molecule has 4 heterocycles. The minimum atomic E-state index is -0.619. The Hall–Kier alpha value is -5.27. The van der Waals surface area contributed by atoms with Crippen LogP contribution in [-0.4, -0.2) is 30.1 Å².